The predicted molar refractivity (Wildman–Crippen MR) is 117 cm³/mol. The van der Waals surface area contributed by atoms with Crippen molar-refractivity contribution >= 4 is 16.8 Å². The highest BCUT2D eigenvalue weighted by atomic mass is 16.1. The number of nitrogens with zero attached hydrogens (tertiary/aromatic N) is 3. The second kappa shape index (κ2) is 8.72. The van der Waals surface area contributed by atoms with Gasteiger partial charge in [-0.2, -0.15) is 0 Å². The number of benzene rings is 2. The van der Waals surface area contributed by atoms with Crippen LogP contribution in [0.1, 0.15) is 21.6 Å². The van der Waals surface area contributed by atoms with E-state index in [-0.39, 0.29) is 5.91 Å². The van der Waals surface area contributed by atoms with Crippen LogP contribution in [0.3, 0.4) is 0 Å². The van der Waals surface area contributed by atoms with E-state index in [1.165, 1.54) is 5.56 Å². The minimum atomic E-state index is -0.0274. The minimum absolute atomic E-state index is 0.0274. The lowest BCUT2D eigenvalue weighted by molar-refractivity contribution is 0.0756. The number of aryl methyl sites for hydroxylation is 1. The average Bonchev–Trinajstić information content (AvgIpc) is 2.74. The number of carbonyl (C=O) groups is 1. The summed E-state index contributed by atoms with van der Waals surface area (Å²) in [6, 6.07) is 20.5. The summed E-state index contributed by atoms with van der Waals surface area (Å²) in [6.07, 6.45) is 0. The minimum Gasteiger partial charge on any atom is -0.350 e. The third-order valence-electron chi connectivity index (χ3n) is 5.63. The molecule has 29 heavy (non-hydrogen) atoms. The average molecular weight is 389 g/mol. The molecular formula is C24H28N4O. The highest BCUT2D eigenvalue weighted by molar-refractivity contribution is 5.97. The van der Waals surface area contributed by atoms with Crippen LogP contribution in [-0.2, 0) is 6.54 Å². The molecule has 1 aliphatic heterocycles. The molecule has 2 aromatic carbocycles. The fraction of sp³-hybridized carbons (Fsp3) is 0.333. The Hall–Kier alpha value is -2.76. The summed E-state index contributed by atoms with van der Waals surface area (Å²) >= 11 is 0. The van der Waals surface area contributed by atoms with Crippen molar-refractivity contribution in [3.8, 4) is 0 Å². The number of likely N-dealkylation sites (N-methyl/N-ethyl adjacent to an activating group) is 1. The molecule has 0 bridgehead atoms. The van der Waals surface area contributed by atoms with Crippen molar-refractivity contribution < 1.29 is 4.79 Å². The van der Waals surface area contributed by atoms with Gasteiger partial charge in [-0.25, -0.2) is 0 Å². The Morgan fingerprint density at radius 3 is 2.76 bits per heavy atom. The fourth-order valence-corrected chi connectivity index (χ4v) is 3.95. The molecule has 1 fully saturated rings. The summed E-state index contributed by atoms with van der Waals surface area (Å²) < 4.78 is 0. The Kier molecular flexibility index (Phi) is 5.88. The molecule has 5 nitrogen and oxygen atoms in total. The molecule has 5 heteroatoms. The van der Waals surface area contributed by atoms with E-state index in [4.69, 9.17) is 0 Å². The van der Waals surface area contributed by atoms with Gasteiger partial charge in [-0.15, -0.1) is 0 Å². The van der Waals surface area contributed by atoms with Crippen molar-refractivity contribution in [1.82, 2.24) is 20.1 Å². The number of hydrogen-bond donors (Lipinski definition) is 1. The van der Waals surface area contributed by atoms with E-state index in [9.17, 15) is 4.79 Å². The van der Waals surface area contributed by atoms with E-state index in [0.29, 0.717) is 18.2 Å². The van der Waals surface area contributed by atoms with Crippen molar-refractivity contribution in [3.05, 3.63) is 77.5 Å². The van der Waals surface area contributed by atoms with Crippen LogP contribution in [-0.4, -0.2) is 60.0 Å². The van der Waals surface area contributed by atoms with E-state index in [0.717, 1.165) is 42.8 Å². The number of rotatable bonds is 5. The second-order valence-electron chi connectivity index (χ2n) is 7.94. The lowest BCUT2D eigenvalue weighted by atomic mass is 10.1. The van der Waals surface area contributed by atoms with Gasteiger partial charge in [-0.05, 0) is 43.8 Å². The van der Waals surface area contributed by atoms with Crippen LogP contribution in [0.2, 0.25) is 0 Å². The van der Waals surface area contributed by atoms with Gasteiger partial charge in [0.25, 0.3) is 5.91 Å². The predicted octanol–water partition coefficient (Wildman–Crippen LogP) is 3.09. The van der Waals surface area contributed by atoms with Crippen molar-refractivity contribution in [3.63, 3.8) is 0 Å². The number of amides is 1. The Balaban J connectivity index is 1.42. The summed E-state index contributed by atoms with van der Waals surface area (Å²) in [5, 5.41) is 4.15. The van der Waals surface area contributed by atoms with Gasteiger partial charge in [0.2, 0.25) is 0 Å². The first-order valence-electron chi connectivity index (χ1n) is 10.2. The molecule has 1 amide bonds. The molecule has 1 atom stereocenters. The summed E-state index contributed by atoms with van der Waals surface area (Å²) in [5.74, 6) is -0.0274. The van der Waals surface area contributed by atoms with Crippen molar-refractivity contribution in [2.24, 2.45) is 0 Å². The molecule has 1 aliphatic rings. The number of fused-ring (bicyclic) bond motifs is 1. The first-order valence-corrected chi connectivity index (χ1v) is 10.2. The second-order valence-corrected chi connectivity index (χ2v) is 7.94. The number of piperazine rings is 1. The van der Waals surface area contributed by atoms with Crippen LogP contribution in [0.5, 0.6) is 0 Å². The van der Waals surface area contributed by atoms with Gasteiger partial charge in [0, 0.05) is 55.4 Å². The third-order valence-corrected chi connectivity index (χ3v) is 5.63. The lowest BCUT2D eigenvalue weighted by Crippen LogP contribution is -2.55. The van der Waals surface area contributed by atoms with E-state index in [2.05, 4.69) is 51.4 Å². The van der Waals surface area contributed by atoms with E-state index in [1.54, 1.807) is 0 Å². The number of pyridine rings is 1. The summed E-state index contributed by atoms with van der Waals surface area (Å²) in [4.78, 5) is 22.1. The highest BCUT2D eigenvalue weighted by Gasteiger charge is 2.25. The largest absolute Gasteiger partial charge is 0.350 e. The lowest BCUT2D eigenvalue weighted by Gasteiger charge is -2.40. The van der Waals surface area contributed by atoms with E-state index < -0.39 is 0 Å². The van der Waals surface area contributed by atoms with Gasteiger partial charge >= 0.3 is 0 Å². The molecule has 2 heterocycles. The van der Waals surface area contributed by atoms with Crippen molar-refractivity contribution in [2.75, 3.05) is 33.2 Å². The molecule has 0 radical (unpaired) electrons. The SMILES string of the molecule is Cc1ccc2cc(C(=O)NCC3CN(C)CCN3Cc3ccccc3)ccc2n1. The van der Waals surface area contributed by atoms with E-state index in [1.807, 2.05) is 43.3 Å². The quantitative estimate of drug-likeness (QED) is 0.730. The molecule has 0 aliphatic carbocycles. The molecule has 1 unspecified atom stereocenters. The van der Waals surface area contributed by atoms with Gasteiger partial charge in [0.15, 0.2) is 0 Å². The zero-order valence-electron chi connectivity index (χ0n) is 17.1. The third kappa shape index (κ3) is 4.81. The Morgan fingerprint density at radius 2 is 1.93 bits per heavy atom. The van der Waals surface area contributed by atoms with Gasteiger partial charge in [-0.3, -0.25) is 14.7 Å². The Morgan fingerprint density at radius 1 is 1.10 bits per heavy atom. The molecule has 1 N–H and O–H groups in total. The highest BCUT2D eigenvalue weighted by Crippen LogP contribution is 2.16. The summed E-state index contributed by atoms with van der Waals surface area (Å²) in [6.45, 7) is 6.54. The monoisotopic (exact) mass is 388 g/mol. The molecule has 0 spiro atoms. The van der Waals surface area contributed by atoms with Crippen LogP contribution >= 0.6 is 0 Å². The van der Waals surface area contributed by atoms with Crippen LogP contribution in [0, 0.1) is 6.92 Å². The van der Waals surface area contributed by atoms with Crippen LogP contribution < -0.4 is 5.32 Å². The molecular weight excluding hydrogens is 360 g/mol. The van der Waals surface area contributed by atoms with Crippen LogP contribution in [0.25, 0.3) is 10.9 Å². The van der Waals surface area contributed by atoms with Gasteiger partial charge < -0.3 is 10.2 Å². The van der Waals surface area contributed by atoms with Gasteiger partial charge in [-0.1, -0.05) is 36.4 Å². The number of hydrogen-bond acceptors (Lipinski definition) is 4. The molecule has 1 saturated heterocycles. The standard InChI is InChI=1S/C24H28N4O/c1-18-8-9-20-14-21(10-11-23(20)26-18)24(29)25-15-22-17-27(2)12-13-28(22)16-19-6-4-3-5-7-19/h3-11,14,22H,12-13,15-17H2,1-2H3,(H,25,29). The molecule has 3 aromatic rings. The molecule has 1 aromatic heterocycles. The number of aromatic nitrogens is 1. The van der Waals surface area contributed by atoms with Crippen molar-refractivity contribution in [2.45, 2.75) is 19.5 Å². The molecule has 0 saturated carbocycles. The molecule has 4 rings (SSSR count). The van der Waals surface area contributed by atoms with Crippen molar-refractivity contribution in [1.29, 1.82) is 0 Å². The maximum absolute atomic E-state index is 12.8. The summed E-state index contributed by atoms with van der Waals surface area (Å²) in [5.41, 5.74) is 3.90. The first kappa shape index (κ1) is 19.6. The number of nitrogens with one attached hydrogen (secondary N) is 1. The van der Waals surface area contributed by atoms with Gasteiger partial charge in [0.1, 0.15) is 0 Å². The van der Waals surface area contributed by atoms with Crippen LogP contribution in [0.15, 0.2) is 60.7 Å². The maximum atomic E-state index is 12.8. The normalized spacial score (nSPS) is 18.1. The topological polar surface area (TPSA) is 48.5 Å². The Bertz CT molecular complexity index is 989. The Labute approximate surface area is 172 Å². The maximum Gasteiger partial charge on any atom is 0.251 e. The summed E-state index contributed by atoms with van der Waals surface area (Å²) in [7, 11) is 2.15. The van der Waals surface area contributed by atoms with Crippen LogP contribution in [0.4, 0.5) is 0 Å². The number of carbonyl (C=O) groups excluding carboxylic acids is 1. The first-order chi connectivity index (χ1) is 14.1. The van der Waals surface area contributed by atoms with Gasteiger partial charge in [0.05, 0.1) is 5.52 Å². The molecule has 150 valence electrons. The zero-order chi connectivity index (χ0) is 20.2. The smallest absolute Gasteiger partial charge is 0.251 e. The zero-order valence-corrected chi connectivity index (χ0v) is 17.1. The van der Waals surface area contributed by atoms with E-state index >= 15 is 0 Å². The fourth-order valence-electron chi connectivity index (χ4n) is 3.95.